The van der Waals surface area contributed by atoms with Crippen LogP contribution in [0.15, 0.2) is 4.52 Å². The van der Waals surface area contributed by atoms with Gasteiger partial charge in [0.05, 0.1) is 6.10 Å². The molecule has 0 spiro atoms. The lowest BCUT2D eigenvalue weighted by molar-refractivity contribution is -0.128. The van der Waals surface area contributed by atoms with Crippen molar-refractivity contribution in [3.63, 3.8) is 0 Å². The number of aromatic nitrogens is 2. The molecule has 1 aliphatic heterocycles. The second kappa shape index (κ2) is 7.20. The Bertz CT molecular complexity index is 401. The smallest absolute Gasteiger partial charge is 0.246 e. The molecule has 0 saturated carbocycles. The van der Waals surface area contributed by atoms with E-state index in [4.69, 9.17) is 9.26 Å². The van der Waals surface area contributed by atoms with Crippen molar-refractivity contribution in [2.24, 2.45) is 0 Å². The van der Waals surface area contributed by atoms with Crippen LogP contribution in [0.1, 0.15) is 24.6 Å². The van der Waals surface area contributed by atoms with Crippen LogP contribution in [0.2, 0.25) is 0 Å². The predicted octanol–water partition coefficient (Wildman–Crippen LogP) is -0.195. The van der Waals surface area contributed by atoms with Crippen molar-refractivity contribution in [3.8, 4) is 0 Å². The van der Waals surface area contributed by atoms with Gasteiger partial charge in [0.15, 0.2) is 5.82 Å². The van der Waals surface area contributed by atoms with E-state index in [9.17, 15) is 4.79 Å². The summed E-state index contributed by atoms with van der Waals surface area (Å²) in [5.41, 5.74) is 0. The second-order valence-electron chi connectivity index (χ2n) is 4.59. The number of carbonyl (C=O) groups is 1. The van der Waals surface area contributed by atoms with E-state index in [0.29, 0.717) is 24.7 Å². The van der Waals surface area contributed by atoms with Crippen LogP contribution in [0.25, 0.3) is 0 Å². The second-order valence-corrected chi connectivity index (χ2v) is 4.59. The minimum absolute atomic E-state index is 0.0984. The van der Waals surface area contributed by atoms with Crippen molar-refractivity contribution in [1.29, 1.82) is 0 Å². The van der Waals surface area contributed by atoms with E-state index in [0.717, 1.165) is 25.9 Å². The van der Waals surface area contributed by atoms with Gasteiger partial charge in [-0.2, -0.15) is 4.98 Å². The first kappa shape index (κ1) is 14.0. The SMILES string of the molecule is Cc1nc(CCNC(=O)COC2CCNCC2)no1. The maximum absolute atomic E-state index is 11.6. The van der Waals surface area contributed by atoms with Crippen molar-refractivity contribution in [2.45, 2.75) is 32.3 Å². The predicted molar refractivity (Wildman–Crippen MR) is 67.6 cm³/mol. The van der Waals surface area contributed by atoms with Gasteiger partial charge in [0.1, 0.15) is 6.61 Å². The van der Waals surface area contributed by atoms with E-state index in [1.807, 2.05) is 0 Å². The molecule has 0 unspecified atom stereocenters. The van der Waals surface area contributed by atoms with Crippen LogP contribution in [0.3, 0.4) is 0 Å². The summed E-state index contributed by atoms with van der Waals surface area (Å²) in [7, 11) is 0. The third-order valence-corrected chi connectivity index (χ3v) is 2.98. The molecule has 2 N–H and O–H groups in total. The number of nitrogens with one attached hydrogen (secondary N) is 2. The Morgan fingerprint density at radius 3 is 3.00 bits per heavy atom. The third kappa shape index (κ3) is 4.96. The number of rotatable bonds is 6. The average molecular weight is 268 g/mol. The van der Waals surface area contributed by atoms with E-state index >= 15 is 0 Å². The fraction of sp³-hybridized carbons (Fsp3) is 0.750. The first-order valence-electron chi connectivity index (χ1n) is 6.62. The number of piperidine rings is 1. The highest BCUT2D eigenvalue weighted by atomic mass is 16.5. The molecule has 1 aromatic rings. The Hall–Kier alpha value is -1.47. The zero-order valence-corrected chi connectivity index (χ0v) is 11.1. The lowest BCUT2D eigenvalue weighted by Gasteiger charge is -2.22. The molecule has 2 heterocycles. The molecule has 1 fully saturated rings. The van der Waals surface area contributed by atoms with Gasteiger partial charge in [-0.1, -0.05) is 5.16 Å². The van der Waals surface area contributed by atoms with Crippen LogP contribution in [-0.2, 0) is 16.0 Å². The van der Waals surface area contributed by atoms with Crippen molar-refractivity contribution in [3.05, 3.63) is 11.7 Å². The van der Waals surface area contributed by atoms with E-state index < -0.39 is 0 Å². The number of amides is 1. The molecular weight excluding hydrogens is 248 g/mol. The number of carbonyl (C=O) groups excluding carboxylic acids is 1. The molecule has 1 aromatic heterocycles. The number of ether oxygens (including phenoxy) is 1. The summed E-state index contributed by atoms with van der Waals surface area (Å²) >= 11 is 0. The van der Waals surface area contributed by atoms with Crippen LogP contribution in [0.4, 0.5) is 0 Å². The highest BCUT2D eigenvalue weighted by Gasteiger charge is 2.14. The minimum Gasteiger partial charge on any atom is -0.368 e. The van der Waals surface area contributed by atoms with Gasteiger partial charge in [0.2, 0.25) is 11.8 Å². The van der Waals surface area contributed by atoms with Gasteiger partial charge in [-0.15, -0.1) is 0 Å². The lowest BCUT2D eigenvalue weighted by atomic mass is 10.1. The first-order valence-corrected chi connectivity index (χ1v) is 6.62. The van der Waals surface area contributed by atoms with Crippen LogP contribution in [0.5, 0.6) is 0 Å². The zero-order chi connectivity index (χ0) is 13.5. The molecule has 1 saturated heterocycles. The summed E-state index contributed by atoms with van der Waals surface area (Å²) in [4.78, 5) is 15.6. The summed E-state index contributed by atoms with van der Waals surface area (Å²) in [6.07, 6.45) is 2.70. The molecule has 106 valence electrons. The van der Waals surface area contributed by atoms with Gasteiger partial charge in [-0.3, -0.25) is 4.79 Å². The summed E-state index contributed by atoms with van der Waals surface area (Å²) in [6, 6.07) is 0. The molecule has 7 heteroatoms. The van der Waals surface area contributed by atoms with Crippen LogP contribution in [0, 0.1) is 6.92 Å². The molecule has 0 radical (unpaired) electrons. The summed E-state index contributed by atoms with van der Waals surface area (Å²) in [5, 5.41) is 9.79. The molecule has 19 heavy (non-hydrogen) atoms. The van der Waals surface area contributed by atoms with E-state index in [-0.39, 0.29) is 18.6 Å². The fourth-order valence-electron chi connectivity index (χ4n) is 1.96. The van der Waals surface area contributed by atoms with Crippen LogP contribution < -0.4 is 10.6 Å². The Labute approximate surface area is 112 Å². The summed E-state index contributed by atoms with van der Waals surface area (Å²) < 4.78 is 10.4. The topological polar surface area (TPSA) is 89.3 Å². The monoisotopic (exact) mass is 268 g/mol. The first-order chi connectivity index (χ1) is 9.24. The fourth-order valence-corrected chi connectivity index (χ4v) is 1.96. The standard InChI is InChI=1S/C12H20N4O3/c1-9-15-11(16-19-9)4-7-14-12(17)8-18-10-2-5-13-6-3-10/h10,13H,2-8H2,1H3,(H,14,17). The van der Waals surface area contributed by atoms with E-state index in [1.165, 1.54) is 0 Å². The molecule has 1 amide bonds. The highest BCUT2D eigenvalue weighted by Crippen LogP contribution is 2.06. The van der Waals surface area contributed by atoms with Crippen molar-refractivity contribution >= 4 is 5.91 Å². The summed E-state index contributed by atoms with van der Waals surface area (Å²) in [5.74, 6) is 1.05. The average Bonchev–Trinajstić information content (AvgIpc) is 2.83. The van der Waals surface area contributed by atoms with Crippen molar-refractivity contribution in [2.75, 3.05) is 26.2 Å². The van der Waals surface area contributed by atoms with Crippen LogP contribution >= 0.6 is 0 Å². The number of hydrogen-bond donors (Lipinski definition) is 2. The van der Waals surface area contributed by atoms with Gasteiger partial charge < -0.3 is 19.9 Å². The van der Waals surface area contributed by atoms with E-state index in [1.54, 1.807) is 6.92 Å². The summed E-state index contributed by atoms with van der Waals surface area (Å²) in [6.45, 7) is 4.28. The maximum Gasteiger partial charge on any atom is 0.246 e. The van der Waals surface area contributed by atoms with Crippen molar-refractivity contribution in [1.82, 2.24) is 20.8 Å². The molecule has 0 atom stereocenters. The largest absolute Gasteiger partial charge is 0.368 e. The van der Waals surface area contributed by atoms with E-state index in [2.05, 4.69) is 20.8 Å². The molecule has 0 aromatic carbocycles. The molecule has 7 nitrogen and oxygen atoms in total. The third-order valence-electron chi connectivity index (χ3n) is 2.98. The molecule has 0 bridgehead atoms. The zero-order valence-electron chi connectivity index (χ0n) is 11.1. The molecule has 0 aliphatic carbocycles. The van der Waals surface area contributed by atoms with Gasteiger partial charge in [0.25, 0.3) is 0 Å². The minimum atomic E-state index is -0.0984. The number of hydrogen-bond acceptors (Lipinski definition) is 6. The Kier molecular flexibility index (Phi) is 5.29. The molecular formula is C12H20N4O3. The molecule has 2 rings (SSSR count). The number of nitrogens with zero attached hydrogens (tertiary/aromatic N) is 2. The van der Waals surface area contributed by atoms with Crippen molar-refractivity contribution < 1.29 is 14.1 Å². The molecule has 1 aliphatic rings. The number of aryl methyl sites for hydroxylation is 1. The van der Waals surface area contributed by atoms with Gasteiger partial charge >= 0.3 is 0 Å². The Morgan fingerprint density at radius 2 is 2.32 bits per heavy atom. The van der Waals surface area contributed by atoms with Crippen LogP contribution in [-0.4, -0.2) is 48.4 Å². The van der Waals surface area contributed by atoms with Gasteiger partial charge in [-0.05, 0) is 25.9 Å². The Morgan fingerprint density at radius 1 is 1.53 bits per heavy atom. The van der Waals surface area contributed by atoms with Gasteiger partial charge in [0, 0.05) is 19.9 Å². The highest BCUT2D eigenvalue weighted by molar-refractivity contribution is 5.77. The lowest BCUT2D eigenvalue weighted by Crippen LogP contribution is -2.36. The van der Waals surface area contributed by atoms with Gasteiger partial charge in [-0.25, -0.2) is 0 Å². The maximum atomic E-state index is 11.6. The normalized spacial score (nSPS) is 16.5. The quantitative estimate of drug-likeness (QED) is 0.743. The Balaban J connectivity index is 1.56.